The molecule has 0 aliphatic carbocycles. The van der Waals surface area contributed by atoms with Gasteiger partial charge >= 0.3 is 0 Å². The Bertz CT molecular complexity index is 232. The van der Waals surface area contributed by atoms with E-state index in [0.717, 1.165) is 45.7 Å². The van der Waals surface area contributed by atoms with Gasteiger partial charge in [-0.05, 0) is 46.2 Å². The van der Waals surface area contributed by atoms with Crippen LogP contribution in [-0.4, -0.2) is 49.2 Å². The fraction of sp³-hybridized carbons (Fsp3) is 0.923. The highest BCUT2D eigenvalue weighted by molar-refractivity contribution is 5.83. The zero-order chi connectivity index (χ0) is 14.0. The van der Waals surface area contributed by atoms with Crippen LogP contribution in [0.15, 0.2) is 0 Å². The summed E-state index contributed by atoms with van der Waals surface area (Å²) in [4.78, 5) is 13.4. The Labute approximate surface area is 111 Å². The summed E-state index contributed by atoms with van der Waals surface area (Å²) in [5.41, 5.74) is 10.2. The quantitative estimate of drug-likeness (QED) is 0.536. The molecule has 0 heterocycles. The molecule has 0 rings (SSSR count). The number of primary amides is 1. The molecule has 0 aromatic carbocycles. The van der Waals surface area contributed by atoms with Gasteiger partial charge < -0.3 is 21.1 Å². The molecule has 0 saturated heterocycles. The normalized spacial score (nSPS) is 14.7. The maximum Gasteiger partial charge on any atom is 0.237 e. The molecule has 18 heavy (non-hydrogen) atoms. The number of amides is 1. The van der Waals surface area contributed by atoms with Gasteiger partial charge in [-0.3, -0.25) is 4.79 Å². The average Bonchev–Trinajstić information content (AvgIpc) is 2.32. The molecule has 1 atom stereocenters. The Balaban J connectivity index is 3.71. The fourth-order valence-electron chi connectivity index (χ4n) is 1.72. The summed E-state index contributed by atoms with van der Waals surface area (Å²) in [6.45, 7) is 10.4. The van der Waals surface area contributed by atoms with Gasteiger partial charge in [0.05, 0.1) is 12.1 Å². The van der Waals surface area contributed by atoms with Crippen molar-refractivity contribution in [2.24, 2.45) is 11.5 Å². The van der Waals surface area contributed by atoms with Crippen molar-refractivity contribution in [3.63, 3.8) is 0 Å². The molecule has 5 heteroatoms. The second kappa shape index (κ2) is 9.30. The van der Waals surface area contributed by atoms with E-state index in [2.05, 4.69) is 11.8 Å². The van der Waals surface area contributed by atoms with Gasteiger partial charge in [-0.2, -0.15) is 0 Å². The number of rotatable bonds is 11. The Morgan fingerprint density at radius 3 is 2.44 bits per heavy atom. The van der Waals surface area contributed by atoms with Gasteiger partial charge in [0.2, 0.25) is 5.91 Å². The van der Waals surface area contributed by atoms with Crippen molar-refractivity contribution in [1.82, 2.24) is 4.90 Å². The second-order valence-electron chi connectivity index (χ2n) is 4.87. The van der Waals surface area contributed by atoms with Gasteiger partial charge in [0.15, 0.2) is 0 Å². The largest absolute Gasteiger partial charge is 0.380 e. The molecule has 5 nitrogen and oxygen atoms in total. The maximum atomic E-state index is 11.0. The maximum absolute atomic E-state index is 11.0. The average molecular weight is 259 g/mol. The Hall–Kier alpha value is -0.650. The zero-order valence-electron chi connectivity index (χ0n) is 12.1. The molecule has 4 N–H and O–H groups in total. The van der Waals surface area contributed by atoms with Crippen molar-refractivity contribution in [3.05, 3.63) is 0 Å². The molecule has 0 aliphatic rings. The number of unbranched alkanes of at least 4 members (excludes halogenated alkanes) is 1. The van der Waals surface area contributed by atoms with Gasteiger partial charge in [-0.15, -0.1) is 0 Å². The minimum Gasteiger partial charge on any atom is -0.380 e. The molecule has 0 saturated carbocycles. The first-order chi connectivity index (χ1) is 8.44. The topological polar surface area (TPSA) is 81.6 Å². The summed E-state index contributed by atoms with van der Waals surface area (Å²) >= 11 is 0. The van der Waals surface area contributed by atoms with E-state index in [1.54, 1.807) is 6.92 Å². The lowest BCUT2D eigenvalue weighted by Crippen LogP contribution is -2.49. The monoisotopic (exact) mass is 259 g/mol. The summed E-state index contributed by atoms with van der Waals surface area (Å²) in [7, 11) is 0. The first-order valence-corrected chi connectivity index (χ1v) is 6.83. The number of carbonyl (C=O) groups excluding carboxylic acids is 1. The molecule has 1 amide bonds. The smallest absolute Gasteiger partial charge is 0.237 e. The molecule has 0 aliphatic heterocycles. The molecular formula is C13H29N3O2. The van der Waals surface area contributed by atoms with E-state index in [9.17, 15) is 4.79 Å². The van der Waals surface area contributed by atoms with Crippen molar-refractivity contribution in [3.8, 4) is 0 Å². The number of hydrogen-bond acceptors (Lipinski definition) is 4. The first-order valence-electron chi connectivity index (χ1n) is 6.83. The molecule has 0 aromatic rings. The lowest BCUT2D eigenvalue weighted by atomic mass is 9.95. The van der Waals surface area contributed by atoms with Gasteiger partial charge in [0.25, 0.3) is 0 Å². The van der Waals surface area contributed by atoms with E-state index in [4.69, 9.17) is 16.2 Å². The molecule has 1 unspecified atom stereocenters. The van der Waals surface area contributed by atoms with Crippen LogP contribution in [0, 0.1) is 0 Å². The summed E-state index contributed by atoms with van der Waals surface area (Å²) in [5.74, 6) is -0.425. The Kier molecular flexibility index (Phi) is 8.97. The van der Waals surface area contributed by atoms with Crippen molar-refractivity contribution in [2.75, 3.05) is 32.8 Å². The van der Waals surface area contributed by atoms with Crippen LogP contribution >= 0.6 is 0 Å². The molecule has 0 spiro atoms. The summed E-state index contributed by atoms with van der Waals surface area (Å²) in [6, 6.07) is 0. The summed E-state index contributed by atoms with van der Waals surface area (Å²) in [5, 5.41) is 0. The van der Waals surface area contributed by atoms with Gasteiger partial charge in [-0.25, -0.2) is 0 Å². The van der Waals surface area contributed by atoms with E-state index in [1.807, 2.05) is 6.92 Å². The van der Waals surface area contributed by atoms with E-state index < -0.39 is 11.4 Å². The van der Waals surface area contributed by atoms with Crippen LogP contribution in [0.2, 0.25) is 0 Å². The van der Waals surface area contributed by atoms with Gasteiger partial charge in [-0.1, -0.05) is 6.92 Å². The third-order valence-corrected chi connectivity index (χ3v) is 3.19. The van der Waals surface area contributed by atoms with Gasteiger partial charge in [0.1, 0.15) is 0 Å². The lowest BCUT2D eigenvalue weighted by Gasteiger charge is -2.22. The predicted molar refractivity (Wildman–Crippen MR) is 74.2 cm³/mol. The number of likely N-dealkylation sites (N-methyl/N-ethyl adjacent to an activating group) is 1. The van der Waals surface area contributed by atoms with Crippen LogP contribution < -0.4 is 11.5 Å². The SMILES string of the molecule is CCOCCN(CC)CCCCC(C)(N)C(N)=O. The third-order valence-electron chi connectivity index (χ3n) is 3.19. The van der Waals surface area contributed by atoms with Crippen molar-refractivity contribution in [1.29, 1.82) is 0 Å². The van der Waals surface area contributed by atoms with Crippen LogP contribution in [-0.2, 0) is 9.53 Å². The second-order valence-corrected chi connectivity index (χ2v) is 4.87. The molecule has 0 bridgehead atoms. The van der Waals surface area contributed by atoms with Crippen LogP contribution in [0.4, 0.5) is 0 Å². The van der Waals surface area contributed by atoms with Crippen LogP contribution in [0.25, 0.3) is 0 Å². The van der Waals surface area contributed by atoms with Gasteiger partial charge in [0, 0.05) is 13.2 Å². The number of hydrogen-bond donors (Lipinski definition) is 2. The van der Waals surface area contributed by atoms with Crippen LogP contribution in [0.1, 0.15) is 40.0 Å². The Morgan fingerprint density at radius 2 is 1.94 bits per heavy atom. The first kappa shape index (κ1) is 17.4. The van der Waals surface area contributed by atoms with E-state index >= 15 is 0 Å². The van der Waals surface area contributed by atoms with Crippen molar-refractivity contribution < 1.29 is 9.53 Å². The predicted octanol–water partition coefficient (Wildman–Crippen LogP) is 0.718. The van der Waals surface area contributed by atoms with Crippen molar-refractivity contribution in [2.45, 2.75) is 45.6 Å². The number of nitrogens with zero attached hydrogens (tertiary/aromatic N) is 1. The highest BCUT2D eigenvalue weighted by atomic mass is 16.5. The number of carbonyl (C=O) groups is 1. The van der Waals surface area contributed by atoms with Crippen LogP contribution in [0.5, 0.6) is 0 Å². The number of nitrogens with two attached hydrogens (primary N) is 2. The molecule has 0 radical (unpaired) electrons. The molecule has 0 aromatic heterocycles. The highest BCUT2D eigenvalue weighted by Crippen LogP contribution is 2.10. The van der Waals surface area contributed by atoms with Crippen LogP contribution in [0.3, 0.4) is 0 Å². The standard InChI is InChI=1S/C13H29N3O2/c1-4-16(10-11-18-5-2)9-7-6-8-13(3,15)12(14)17/h4-11,15H2,1-3H3,(H2,14,17). The van der Waals surface area contributed by atoms with E-state index in [-0.39, 0.29) is 0 Å². The zero-order valence-corrected chi connectivity index (χ0v) is 12.1. The minimum atomic E-state index is -0.873. The Morgan fingerprint density at radius 1 is 1.28 bits per heavy atom. The van der Waals surface area contributed by atoms with Crippen molar-refractivity contribution >= 4 is 5.91 Å². The molecular weight excluding hydrogens is 230 g/mol. The summed E-state index contributed by atoms with van der Waals surface area (Å²) in [6.07, 6.45) is 2.59. The molecule has 108 valence electrons. The van der Waals surface area contributed by atoms with E-state index in [0.29, 0.717) is 6.42 Å². The summed E-state index contributed by atoms with van der Waals surface area (Å²) < 4.78 is 5.33. The number of ether oxygens (including phenoxy) is 1. The third kappa shape index (κ3) is 7.63. The fourth-order valence-corrected chi connectivity index (χ4v) is 1.72. The lowest BCUT2D eigenvalue weighted by molar-refractivity contribution is -0.122. The minimum absolute atomic E-state index is 0.425. The van der Waals surface area contributed by atoms with E-state index in [1.165, 1.54) is 0 Å². The molecule has 0 fully saturated rings. The highest BCUT2D eigenvalue weighted by Gasteiger charge is 2.24.